The number of nitrogens with zero attached hydrogens (tertiary/aromatic N) is 4. The maximum absolute atomic E-state index is 13.2. The molecule has 0 saturated carbocycles. The fourth-order valence-electron chi connectivity index (χ4n) is 3.39. The van der Waals surface area contributed by atoms with Crippen molar-refractivity contribution in [3.05, 3.63) is 102 Å². The summed E-state index contributed by atoms with van der Waals surface area (Å²) in [6.07, 6.45) is 0.770. The van der Waals surface area contributed by atoms with Gasteiger partial charge in [0.1, 0.15) is 5.82 Å². The molecule has 0 aliphatic rings. The zero-order valence-corrected chi connectivity index (χ0v) is 18.8. The molecule has 4 rings (SSSR count). The molecule has 1 heterocycles. The molecule has 6 nitrogen and oxygen atoms in total. The van der Waals surface area contributed by atoms with Crippen molar-refractivity contribution in [3.8, 4) is 11.4 Å². The minimum atomic E-state index is -0.337. The van der Waals surface area contributed by atoms with Crippen LogP contribution in [0.1, 0.15) is 11.1 Å². The molecule has 33 heavy (non-hydrogen) atoms. The number of benzene rings is 3. The standard InChI is InChI=1S/C25H24FN5OS/c26-22-13-11-21(12-14-22)24-28-29-25(31(24)27)33-18-23(32)30(17-20-9-5-2-6-10-20)16-15-19-7-3-1-4-8-19/h1-14H,15-18,27H2. The second-order valence-corrected chi connectivity index (χ2v) is 8.45. The van der Waals surface area contributed by atoms with Gasteiger partial charge in [-0.05, 0) is 41.8 Å². The van der Waals surface area contributed by atoms with Gasteiger partial charge >= 0.3 is 0 Å². The fourth-order valence-corrected chi connectivity index (χ4v) is 4.15. The van der Waals surface area contributed by atoms with Crippen LogP contribution < -0.4 is 5.84 Å². The van der Waals surface area contributed by atoms with E-state index in [1.54, 1.807) is 12.1 Å². The van der Waals surface area contributed by atoms with Crippen LogP contribution in [0, 0.1) is 5.82 Å². The van der Waals surface area contributed by atoms with Crippen molar-refractivity contribution in [1.29, 1.82) is 0 Å². The number of carbonyl (C=O) groups excluding carboxylic acids is 1. The van der Waals surface area contributed by atoms with Gasteiger partial charge in [-0.2, -0.15) is 0 Å². The van der Waals surface area contributed by atoms with Gasteiger partial charge in [0, 0.05) is 18.7 Å². The molecule has 1 amide bonds. The largest absolute Gasteiger partial charge is 0.337 e. The van der Waals surface area contributed by atoms with Crippen LogP contribution in [0.5, 0.6) is 0 Å². The molecule has 4 aromatic rings. The van der Waals surface area contributed by atoms with E-state index in [1.807, 2.05) is 53.4 Å². The molecule has 8 heteroatoms. The Hall–Kier alpha value is -3.65. The highest BCUT2D eigenvalue weighted by Crippen LogP contribution is 2.22. The molecular formula is C25H24FN5OS. The first-order chi connectivity index (χ1) is 16.1. The van der Waals surface area contributed by atoms with E-state index in [-0.39, 0.29) is 17.5 Å². The molecule has 0 aliphatic heterocycles. The van der Waals surface area contributed by atoms with E-state index in [2.05, 4.69) is 22.3 Å². The van der Waals surface area contributed by atoms with Gasteiger partial charge in [-0.1, -0.05) is 72.4 Å². The first kappa shape index (κ1) is 22.5. The number of carbonyl (C=O) groups is 1. The molecule has 0 saturated heterocycles. The normalized spacial score (nSPS) is 10.8. The Balaban J connectivity index is 1.43. The number of nitrogen functional groups attached to an aromatic ring is 1. The highest BCUT2D eigenvalue weighted by molar-refractivity contribution is 7.99. The van der Waals surface area contributed by atoms with Gasteiger partial charge in [0.05, 0.1) is 5.75 Å². The van der Waals surface area contributed by atoms with Gasteiger partial charge in [-0.3, -0.25) is 4.79 Å². The van der Waals surface area contributed by atoms with Crippen molar-refractivity contribution < 1.29 is 9.18 Å². The number of aromatic nitrogens is 3. The number of halogens is 1. The van der Waals surface area contributed by atoms with Gasteiger partial charge in [0.15, 0.2) is 5.82 Å². The first-order valence-corrected chi connectivity index (χ1v) is 11.5. The molecule has 1 aromatic heterocycles. The molecule has 168 valence electrons. The fraction of sp³-hybridized carbons (Fsp3) is 0.160. The lowest BCUT2D eigenvalue weighted by Crippen LogP contribution is -2.34. The maximum Gasteiger partial charge on any atom is 0.233 e. The number of thioether (sulfide) groups is 1. The summed E-state index contributed by atoms with van der Waals surface area (Å²) in [5.74, 6) is 6.39. The average molecular weight is 462 g/mol. The second kappa shape index (κ2) is 10.8. The van der Waals surface area contributed by atoms with E-state index in [0.717, 1.165) is 12.0 Å². The Morgan fingerprint density at radius 2 is 1.55 bits per heavy atom. The Kier molecular flexibility index (Phi) is 7.36. The molecule has 0 aliphatic carbocycles. The van der Waals surface area contributed by atoms with E-state index in [9.17, 15) is 9.18 Å². The van der Waals surface area contributed by atoms with Gasteiger partial charge < -0.3 is 10.7 Å². The van der Waals surface area contributed by atoms with Gasteiger partial charge in [-0.15, -0.1) is 10.2 Å². The molecule has 3 aromatic carbocycles. The van der Waals surface area contributed by atoms with Crippen LogP contribution in [0.25, 0.3) is 11.4 Å². The number of amides is 1. The quantitative estimate of drug-likeness (QED) is 0.299. The molecular weight excluding hydrogens is 437 g/mol. The number of hydrogen-bond acceptors (Lipinski definition) is 5. The summed E-state index contributed by atoms with van der Waals surface area (Å²) in [6, 6.07) is 25.9. The van der Waals surface area contributed by atoms with Gasteiger partial charge in [-0.25, -0.2) is 9.07 Å². The van der Waals surface area contributed by atoms with E-state index in [1.165, 1.54) is 34.1 Å². The highest BCUT2D eigenvalue weighted by atomic mass is 32.2. The Morgan fingerprint density at radius 1 is 0.909 bits per heavy atom. The Bertz CT molecular complexity index is 1180. The second-order valence-electron chi connectivity index (χ2n) is 7.51. The summed E-state index contributed by atoms with van der Waals surface area (Å²) >= 11 is 1.23. The van der Waals surface area contributed by atoms with Crippen molar-refractivity contribution in [2.75, 3.05) is 18.1 Å². The minimum Gasteiger partial charge on any atom is -0.337 e. The third-order valence-electron chi connectivity index (χ3n) is 5.17. The summed E-state index contributed by atoms with van der Waals surface area (Å²) < 4.78 is 14.5. The maximum atomic E-state index is 13.2. The first-order valence-electron chi connectivity index (χ1n) is 10.5. The predicted molar refractivity (Wildman–Crippen MR) is 128 cm³/mol. The van der Waals surface area contributed by atoms with E-state index in [4.69, 9.17) is 5.84 Å². The third-order valence-corrected chi connectivity index (χ3v) is 6.10. The third kappa shape index (κ3) is 5.98. The SMILES string of the molecule is Nn1c(SCC(=O)N(CCc2ccccc2)Cc2ccccc2)nnc1-c1ccc(F)cc1. The van der Waals surface area contributed by atoms with Crippen molar-refractivity contribution in [1.82, 2.24) is 19.8 Å². The smallest absolute Gasteiger partial charge is 0.233 e. The van der Waals surface area contributed by atoms with E-state index < -0.39 is 0 Å². The van der Waals surface area contributed by atoms with Crippen LogP contribution in [-0.4, -0.2) is 38.0 Å². The number of hydrogen-bond donors (Lipinski definition) is 1. The van der Waals surface area contributed by atoms with Crippen LogP contribution >= 0.6 is 11.8 Å². The predicted octanol–water partition coefficient (Wildman–Crippen LogP) is 4.16. The number of nitrogens with two attached hydrogens (primary N) is 1. The van der Waals surface area contributed by atoms with Crippen LogP contribution in [0.3, 0.4) is 0 Å². The van der Waals surface area contributed by atoms with Crippen LogP contribution in [0.15, 0.2) is 90.1 Å². The Labute approximate surface area is 196 Å². The Morgan fingerprint density at radius 3 is 2.21 bits per heavy atom. The van der Waals surface area contributed by atoms with Crippen LogP contribution in [0.4, 0.5) is 4.39 Å². The van der Waals surface area contributed by atoms with Gasteiger partial charge in [0.25, 0.3) is 0 Å². The van der Waals surface area contributed by atoms with E-state index >= 15 is 0 Å². The highest BCUT2D eigenvalue weighted by Gasteiger charge is 2.18. The van der Waals surface area contributed by atoms with Crippen molar-refractivity contribution in [2.24, 2.45) is 0 Å². The topological polar surface area (TPSA) is 77.0 Å². The molecule has 2 N–H and O–H groups in total. The summed E-state index contributed by atoms with van der Waals surface area (Å²) in [5, 5.41) is 8.63. The monoisotopic (exact) mass is 461 g/mol. The summed E-state index contributed by atoms with van der Waals surface area (Å²) in [5.41, 5.74) is 2.91. The van der Waals surface area contributed by atoms with Crippen molar-refractivity contribution >= 4 is 17.7 Å². The molecule has 0 atom stereocenters. The molecule has 0 fully saturated rings. The summed E-state index contributed by atoms with van der Waals surface area (Å²) in [4.78, 5) is 15.0. The van der Waals surface area contributed by atoms with Crippen molar-refractivity contribution in [2.45, 2.75) is 18.1 Å². The molecule has 0 spiro atoms. The van der Waals surface area contributed by atoms with Gasteiger partial charge in [0.2, 0.25) is 11.1 Å². The zero-order valence-electron chi connectivity index (χ0n) is 18.0. The lowest BCUT2D eigenvalue weighted by Gasteiger charge is -2.23. The number of rotatable bonds is 9. The molecule has 0 unspecified atom stereocenters. The molecule has 0 radical (unpaired) electrons. The van der Waals surface area contributed by atoms with Crippen LogP contribution in [0.2, 0.25) is 0 Å². The lowest BCUT2D eigenvalue weighted by atomic mass is 10.1. The average Bonchev–Trinajstić information content (AvgIpc) is 3.22. The summed E-state index contributed by atoms with van der Waals surface area (Å²) in [6.45, 7) is 1.14. The lowest BCUT2D eigenvalue weighted by molar-refractivity contribution is -0.128. The zero-order chi connectivity index (χ0) is 23.0. The van der Waals surface area contributed by atoms with Crippen LogP contribution in [-0.2, 0) is 17.8 Å². The molecule has 0 bridgehead atoms. The van der Waals surface area contributed by atoms with Crippen molar-refractivity contribution in [3.63, 3.8) is 0 Å². The van der Waals surface area contributed by atoms with E-state index in [0.29, 0.717) is 29.6 Å². The summed E-state index contributed by atoms with van der Waals surface area (Å²) in [7, 11) is 0. The minimum absolute atomic E-state index is 0.00823.